The van der Waals surface area contributed by atoms with Crippen molar-refractivity contribution in [1.82, 2.24) is 15.2 Å². The number of amides is 1. The van der Waals surface area contributed by atoms with Gasteiger partial charge in [-0.2, -0.15) is 0 Å². The van der Waals surface area contributed by atoms with Crippen LogP contribution in [0.5, 0.6) is 0 Å². The first-order valence-corrected chi connectivity index (χ1v) is 9.35. The molecule has 0 aliphatic heterocycles. The van der Waals surface area contributed by atoms with Crippen LogP contribution in [-0.4, -0.2) is 32.6 Å². The van der Waals surface area contributed by atoms with Crippen LogP contribution in [0, 0.1) is 0 Å². The molecule has 0 saturated heterocycles. The van der Waals surface area contributed by atoms with Crippen molar-refractivity contribution in [3.05, 3.63) is 35.6 Å². The molecule has 0 radical (unpaired) electrons. The Morgan fingerprint density at radius 3 is 2.68 bits per heavy atom. The summed E-state index contributed by atoms with van der Waals surface area (Å²) >= 11 is 10.3. The lowest BCUT2D eigenvalue weighted by molar-refractivity contribution is -0.113. The number of nitrogens with zero attached hydrogens (tertiary/aromatic N) is 3. The van der Waals surface area contributed by atoms with E-state index in [-0.39, 0.29) is 16.8 Å². The van der Waals surface area contributed by atoms with E-state index >= 15 is 0 Å². The van der Waals surface area contributed by atoms with Gasteiger partial charge in [-0.25, -0.2) is 4.98 Å². The van der Waals surface area contributed by atoms with E-state index in [1.807, 2.05) is 6.92 Å². The van der Waals surface area contributed by atoms with E-state index in [0.29, 0.717) is 5.69 Å². The normalized spacial score (nSPS) is 10.5. The van der Waals surface area contributed by atoms with Gasteiger partial charge in [-0.05, 0) is 19.1 Å². The molecule has 0 saturated carbocycles. The molecule has 0 unspecified atom stereocenters. The highest BCUT2D eigenvalue weighted by atomic mass is 35.5. The summed E-state index contributed by atoms with van der Waals surface area (Å²) in [5.41, 5.74) is 1.59. The molecule has 0 bridgehead atoms. The predicted octanol–water partition coefficient (Wildman–Crippen LogP) is 3.99. The molecule has 0 aliphatic rings. The Morgan fingerprint density at radius 1 is 1.36 bits per heavy atom. The van der Waals surface area contributed by atoms with Gasteiger partial charge in [-0.3, -0.25) is 4.79 Å². The Bertz CT molecular complexity index is 677. The summed E-state index contributed by atoms with van der Waals surface area (Å²) in [5, 5.41) is 11.1. The summed E-state index contributed by atoms with van der Waals surface area (Å²) in [6, 6.07) is 3.42. The second kappa shape index (κ2) is 8.52. The molecule has 1 N–H and O–H groups in total. The number of rotatable bonds is 7. The molecule has 2 rings (SSSR count). The molecule has 2 heterocycles. The molecule has 9 heteroatoms. The third-order valence-electron chi connectivity index (χ3n) is 2.19. The highest BCUT2D eigenvalue weighted by molar-refractivity contribution is 8.03. The van der Waals surface area contributed by atoms with Gasteiger partial charge in [0.2, 0.25) is 5.91 Å². The van der Waals surface area contributed by atoms with Crippen LogP contribution in [0.25, 0.3) is 0 Å². The Kier molecular flexibility index (Phi) is 6.69. The first-order chi connectivity index (χ1) is 10.5. The summed E-state index contributed by atoms with van der Waals surface area (Å²) in [7, 11) is 0. The van der Waals surface area contributed by atoms with Crippen LogP contribution < -0.4 is 5.32 Å². The lowest BCUT2D eigenvalue weighted by Gasteiger charge is -2.04. The standard InChI is InChI=1S/C13H13ClN4OS3/c1-8(2)6-20-12-17-18-13(22-12)21-7-10(19)16-9-4-3-5-15-11(9)14/h3-5H,1,6-7H2,2H3,(H,16,19). The second-order valence-electron chi connectivity index (χ2n) is 4.26. The predicted molar refractivity (Wildman–Crippen MR) is 94.0 cm³/mol. The van der Waals surface area contributed by atoms with Crippen molar-refractivity contribution in [3.63, 3.8) is 0 Å². The molecule has 2 aromatic rings. The maximum atomic E-state index is 11.9. The van der Waals surface area contributed by atoms with Gasteiger partial charge in [0.05, 0.1) is 11.4 Å². The van der Waals surface area contributed by atoms with Crippen molar-refractivity contribution < 1.29 is 4.79 Å². The van der Waals surface area contributed by atoms with Gasteiger partial charge < -0.3 is 5.32 Å². The first kappa shape index (κ1) is 17.3. The van der Waals surface area contributed by atoms with Gasteiger partial charge in [0, 0.05) is 11.9 Å². The quantitative estimate of drug-likeness (QED) is 0.450. The van der Waals surface area contributed by atoms with Crippen LogP contribution in [0.2, 0.25) is 5.15 Å². The van der Waals surface area contributed by atoms with E-state index in [2.05, 4.69) is 27.1 Å². The van der Waals surface area contributed by atoms with Gasteiger partial charge in [-0.1, -0.05) is 58.6 Å². The number of pyridine rings is 1. The molecule has 0 atom stereocenters. The summed E-state index contributed by atoms with van der Waals surface area (Å²) in [4.78, 5) is 15.8. The summed E-state index contributed by atoms with van der Waals surface area (Å²) in [5.74, 6) is 0.899. The maximum Gasteiger partial charge on any atom is 0.234 e. The number of hydrogen-bond acceptors (Lipinski definition) is 7. The number of hydrogen-bond donors (Lipinski definition) is 1. The minimum Gasteiger partial charge on any atom is -0.323 e. The summed E-state index contributed by atoms with van der Waals surface area (Å²) in [6.45, 7) is 5.81. The number of nitrogens with one attached hydrogen (secondary N) is 1. The lowest BCUT2D eigenvalue weighted by atomic mass is 10.4. The van der Waals surface area contributed by atoms with Crippen molar-refractivity contribution >= 4 is 58.1 Å². The molecule has 1 amide bonds. The number of halogens is 1. The Morgan fingerprint density at radius 2 is 2.05 bits per heavy atom. The molecule has 0 aromatic carbocycles. The smallest absolute Gasteiger partial charge is 0.234 e. The fraction of sp³-hybridized carbons (Fsp3) is 0.231. The average molecular weight is 373 g/mol. The number of thioether (sulfide) groups is 2. The maximum absolute atomic E-state index is 11.9. The van der Waals surface area contributed by atoms with Crippen molar-refractivity contribution in [2.75, 3.05) is 16.8 Å². The van der Waals surface area contributed by atoms with Gasteiger partial charge in [0.25, 0.3) is 0 Å². The molecule has 0 spiro atoms. The SMILES string of the molecule is C=C(C)CSc1nnc(SCC(=O)Nc2cccnc2Cl)s1. The largest absolute Gasteiger partial charge is 0.323 e. The van der Waals surface area contributed by atoms with Crippen molar-refractivity contribution in [2.45, 2.75) is 15.6 Å². The van der Waals surface area contributed by atoms with Crippen molar-refractivity contribution in [3.8, 4) is 0 Å². The Balaban J connectivity index is 1.81. The van der Waals surface area contributed by atoms with Crippen LogP contribution in [0.15, 0.2) is 39.2 Å². The fourth-order valence-corrected chi connectivity index (χ4v) is 4.12. The van der Waals surface area contributed by atoms with Crippen LogP contribution in [0.3, 0.4) is 0 Å². The van der Waals surface area contributed by atoms with E-state index in [0.717, 1.165) is 20.0 Å². The number of carbonyl (C=O) groups is 1. The lowest BCUT2D eigenvalue weighted by Crippen LogP contribution is -2.14. The van der Waals surface area contributed by atoms with Crippen molar-refractivity contribution in [1.29, 1.82) is 0 Å². The minimum atomic E-state index is -0.161. The molecule has 0 fully saturated rings. The second-order valence-corrected chi connectivity index (χ2v) is 8.04. The molecule has 116 valence electrons. The van der Waals surface area contributed by atoms with Gasteiger partial charge in [0.1, 0.15) is 0 Å². The number of anilines is 1. The number of aromatic nitrogens is 3. The molecule has 2 aromatic heterocycles. The molecular weight excluding hydrogens is 360 g/mol. The molecular formula is C13H13ClN4OS3. The van der Waals surface area contributed by atoms with Gasteiger partial charge >= 0.3 is 0 Å². The Labute approximate surface area is 146 Å². The van der Waals surface area contributed by atoms with E-state index < -0.39 is 0 Å². The fourth-order valence-electron chi connectivity index (χ4n) is 1.29. The van der Waals surface area contributed by atoms with E-state index in [1.165, 1.54) is 23.1 Å². The van der Waals surface area contributed by atoms with Gasteiger partial charge in [0.15, 0.2) is 13.8 Å². The molecule has 22 heavy (non-hydrogen) atoms. The zero-order valence-electron chi connectivity index (χ0n) is 11.7. The zero-order chi connectivity index (χ0) is 15.9. The van der Waals surface area contributed by atoms with Crippen LogP contribution in [-0.2, 0) is 4.79 Å². The highest BCUT2D eigenvalue weighted by Crippen LogP contribution is 2.29. The Hall–Kier alpha value is -1.09. The van der Waals surface area contributed by atoms with Gasteiger partial charge in [-0.15, -0.1) is 10.2 Å². The zero-order valence-corrected chi connectivity index (χ0v) is 14.9. The molecule has 5 nitrogen and oxygen atoms in total. The van der Waals surface area contributed by atoms with Crippen LogP contribution in [0.4, 0.5) is 5.69 Å². The minimum absolute atomic E-state index is 0.161. The van der Waals surface area contributed by atoms with Crippen LogP contribution >= 0.6 is 46.5 Å². The van der Waals surface area contributed by atoms with Crippen LogP contribution in [0.1, 0.15) is 6.92 Å². The van der Waals surface area contributed by atoms with E-state index in [4.69, 9.17) is 11.6 Å². The highest BCUT2D eigenvalue weighted by Gasteiger charge is 2.10. The third-order valence-corrected chi connectivity index (χ3v) is 5.91. The molecule has 0 aliphatic carbocycles. The monoisotopic (exact) mass is 372 g/mol. The first-order valence-electron chi connectivity index (χ1n) is 6.18. The van der Waals surface area contributed by atoms with Crippen molar-refractivity contribution in [2.24, 2.45) is 0 Å². The van der Waals surface area contributed by atoms with E-state index in [9.17, 15) is 4.79 Å². The number of carbonyl (C=O) groups excluding carboxylic acids is 1. The summed E-state index contributed by atoms with van der Waals surface area (Å²) < 4.78 is 1.64. The average Bonchev–Trinajstić information content (AvgIpc) is 2.93. The topological polar surface area (TPSA) is 67.8 Å². The summed E-state index contributed by atoms with van der Waals surface area (Å²) in [6.07, 6.45) is 1.57. The third kappa shape index (κ3) is 5.60. The van der Waals surface area contributed by atoms with E-state index in [1.54, 1.807) is 30.1 Å².